The molecule has 4 N–H and O–H groups in total. The molecule has 102 valence electrons. The highest BCUT2D eigenvalue weighted by molar-refractivity contribution is 5.78. The maximum Gasteiger partial charge on any atom is 0.223 e. The highest BCUT2D eigenvalue weighted by atomic mass is 16.1. The highest BCUT2D eigenvalue weighted by Crippen LogP contribution is 2.10. The van der Waals surface area contributed by atoms with Crippen molar-refractivity contribution in [3.8, 4) is 0 Å². The Hall–Kier alpha value is -1.36. The summed E-state index contributed by atoms with van der Waals surface area (Å²) in [6.45, 7) is 6.44. The molecule has 0 fully saturated rings. The lowest BCUT2D eigenvalue weighted by Crippen LogP contribution is -2.29. The fourth-order valence-corrected chi connectivity index (χ4v) is 1.79. The smallest absolute Gasteiger partial charge is 0.223 e. The number of aromatic amines is 1. The van der Waals surface area contributed by atoms with E-state index in [0.29, 0.717) is 6.54 Å². The lowest BCUT2D eigenvalue weighted by atomic mass is 10.0. The van der Waals surface area contributed by atoms with Crippen LogP contribution < -0.4 is 11.1 Å². The number of amides is 1. The number of nitrogens with zero attached hydrogens (tertiary/aromatic N) is 1. The van der Waals surface area contributed by atoms with Crippen LogP contribution in [0.15, 0.2) is 6.20 Å². The molecule has 0 spiro atoms. The predicted octanol–water partition coefficient (Wildman–Crippen LogP) is 1.49. The van der Waals surface area contributed by atoms with Gasteiger partial charge < -0.3 is 11.1 Å². The maximum absolute atomic E-state index is 11.9. The average molecular weight is 252 g/mol. The van der Waals surface area contributed by atoms with Gasteiger partial charge in [-0.3, -0.25) is 9.89 Å². The Morgan fingerprint density at radius 3 is 2.78 bits per heavy atom. The molecule has 0 bridgehead atoms. The van der Waals surface area contributed by atoms with E-state index in [0.717, 1.165) is 30.5 Å². The van der Waals surface area contributed by atoms with Crippen molar-refractivity contribution in [2.45, 2.75) is 52.6 Å². The molecule has 1 aromatic rings. The largest absolute Gasteiger partial charge is 0.352 e. The average Bonchev–Trinajstić information content (AvgIpc) is 2.71. The fourth-order valence-electron chi connectivity index (χ4n) is 1.79. The second kappa shape index (κ2) is 7.16. The van der Waals surface area contributed by atoms with Gasteiger partial charge in [0.2, 0.25) is 5.91 Å². The van der Waals surface area contributed by atoms with Gasteiger partial charge in [0.05, 0.1) is 6.20 Å². The number of aromatic nitrogens is 2. The second-order valence-corrected chi connectivity index (χ2v) is 5.05. The first kappa shape index (κ1) is 14.7. The van der Waals surface area contributed by atoms with E-state index in [1.807, 2.05) is 20.8 Å². The van der Waals surface area contributed by atoms with E-state index in [9.17, 15) is 4.79 Å². The summed E-state index contributed by atoms with van der Waals surface area (Å²) in [5, 5.41) is 9.71. The monoisotopic (exact) mass is 252 g/mol. The first-order chi connectivity index (χ1) is 8.50. The topological polar surface area (TPSA) is 83.8 Å². The number of nitrogens with two attached hydrogens (primary N) is 1. The number of carbonyl (C=O) groups excluding carboxylic acids is 1. The molecular formula is C13H24N4O. The molecule has 0 aliphatic rings. The van der Waals surface area contributed by atoms with Crippen molar-refractivity contribution in [3.63, 3.8) is 0 Å². The summed E-state index contributed by atoms with van der Waals surface area (Å²) in [4.78, 5) is 11.9. The number of nitrogens with one attached hydrogen (secondary N) is 2. The number of rotatable bonds is 7. The number of H-pyrrole nitrogens is 1. The molecular weight excluding hydrogens is 228 g/mol. The first-order valence-electron chi connectivity index (χ1n) is 6.52. The van der Waals surface area contributed by atoms with Gasteiger partial charge in [-0.15, -0.1) is 0 Å². The van der Waals surface area contributed by atoms with Crippen molar-refractivity contribution in [3.05, 3.63) is 17.5 Å². The number of hydrogen-bond acceptors (Lipinski definition) is 3. The fraction of sp³-hybridized carbons (Fsp3) is 0.692. The summed E-state index contributed by atoms with van der Waals surface area (Å²) in [6, 6.07) is 0.217. The van der Waals surface area contributed by atoms with Crippen LogP contribution in [0.4, 0.5) is 0 Å². The Morgan fingerprint density at radius 2 is 2.22 bits per heavy atom. The third kappa shape index (κ3) is 4.87. The minimum atomic E-state index is 0.0379. The molecule has 1 amide bonds. The van der Waals surface area contributed by atoms with E-state index in [4.69, 9.17) is 5.73 Å². The Labute approximate surface area is 109 Å². The lowest BCUT2D eigenvalue weighted by molar-refractivity contribution is -0.124. The van der Waals surface area contributed by atoms with Crippen molar-refractivity contribution >= 4 is 5.91 Å². The van der Waals surface area contributed by atoms with Crippen LogP contribution >= 0.6 is 0 Å². The minimum absolute atomic E-state index is 0.0379. The zero-order valence-corrected chi connectivity index (χ0v) is 11.5. The Kier molecular flexibility index (Phi) is 5.85. The van der Waals surface area contributed by atoms with Gasteiger partial charge in [0.1, 0.15) is 0 Å². The molecule has 2 unspecified atom stereocenters. The highest BCUT2D eigenvalue weighted by Gasteiger charge is 2.13. The summed E-state index contributed by atoms with van der Waals surface area (Å²) in [6.07, 6.45) is 4.60. The van der Waals surface area contributed by atoms with Crippen LogP contribution in [-0.4, -0.2) is 22.1 Å². The third-order valence-corrected chi connectivity index (χ3v) is 3.13. The second-order valence-electron chi connectivity index (χ2n) is 5.05. The molecule has 1 heterocycles. The standard InChI is InChI=1S/C13H24N4O/c1-9(5-4-6-10(2)14)13(18)15-7-12-8-16-17-11(12)3/h8-10H,4-7,14H2,1-3H3,(H,15,18)(H,16,17). The van der Waals surface area contributed by atoms with Crippen LogP contribution in [0.5, 0.6) is 0 Å². The normalized spacial score (nSPS) is 14.2. The van der Waals surface area contributed by atoms with Crippen LogP contribution in [0.25, 0.3) is 0 Å². The van der Waals surface area contributed by atoms with Crippen molar-refractivity contribution < 1.29 is 4.79 Å². The van der Waals surface area contributed by atoms with Crippen molar-refractivity contribution in [1.82, 2.24) is 15.5 Å². The van der Waals surface area contributed by atoms with Gasteiger partial charge in [-0.05, 0) is 26.7 Å². The summed E-state index contributed by atoms with van der Waals surface area (Å²) in [7, 11) is 0. The van der Waals surface area contributed by atoms with Crippen LogP contribution in [-0.2, 0) is 11.3 Å². The van der Waals surface area contributed by atoms with Crippen LogP contribution in [0, 0.1) is 12.8 Å². The van der Waals surface area contributed by atoms with Gasteiger partial charge in [0.25, 0.3) is 0 Å². The van der Waals surface area contributed by atoms with Crippen molar-refractivity contribution in [1.29, 1.82) is 0 Å². The summed E-state index contributed by atoms with van der Waals surface area (Å²) >= 11 is 0. The van der Waals surface area contributed by atoms with Crippen molar-refractivity contribution in [2.24, 2.45) is 11.7 Å². The minimum Gasteiger partial charge on any atom is -0.352 e. The van der Waals surface area contributed by atoms with Crippen LogP contribution in [0.3, 0.4) is 0 Å². The SMILES string of the molecule is Cc1[nH]ncc1CNC(=O)C(C)CCCC(C)N. The summed E-state index contributed by atoms with van der Waals surface area (Å²) < 4.78 is 0. The Morgan fingerprint density at radius 1 is 1.50 bits per heavy atom. The molecule has 0 aliphatic carbocycles. The molecule has 1 rings (SSSR count). The molecule has 2 atom stereocenters. The number of aryl methyl sites for hydroxylation is 1. The van der Waals surface area contributed by atoms with E-state index < -0.39 is 0 Å². The molecule has 0 aliphatic heterocycles. The lowest BCUT2D eigenvalue weighted by Gasteiger charge is -2.12. The molecule has 5 nitrogen and oxygen atoms in total. The molecule has 0 saturated heterocycles. The molecule has 18 heavy (non-hydrogen) atoms. The summed E-state index contributed by atoms with van der Waals surface area (Å²) in [5.74, 6) is 0.135. The van der Waals surface area contributed by atoms with Crippen LogP contribution in [0.1, 0.15) is 44.4 Å². The van der Waals surface area contributed by atoms with E-state index in [2.05, 4.69) is 15.5 Å². The van der Waals surface area contributed by atoms with Gasteiger partial charge >= 0.3 is 0 Å². The third-order valence-electron chi connectivity index (χ3n) is 3.13. The molecule has 5 heteroatoms. The van der Waals surface area contributed by atoms with Gasteiger partial charge in [-0.1, -0.05) is 13.3 Å². The quantitative estimate of drug-likeness (QED) is 0.687. The van der Waals surface area contributed by atoms with E-state index in [-0.39, 0.29) is 17.9 Å². The molecule has 0 radical (unpaired) electrons. The predicted molar refractivity (Wildman–Crippen MR) is 71.8 cm³/mol. The molecule has 0 aromatic carbocycles. The number of carbonyl (C=O) groups is 1. The zero-order valence-electron chi connectivity index (χ0n) is 11.5. The zero-order chi connectivity index (χ0) is 13.5. The maximum atomic E-state index is 11.9. The van der Waals surface area contributed by atoms with E-state index in [1.54, 1.807) is 6.20 Å². The summed E-state index contributed by atoms with van der Waals surface area (Å²) in [5.41, 5.74) is 7.72. The Bertz CT molecular complexity index is 373. The van der Waals surface area contributed by atoms with E-state index >= 15 is 0 Å². The van der Waals surface area contributed by atoms with E-state index in [1.165, 1.54) is 0 Å². The van der Waals surface area contributed by atoms with Gasteiger partial charge in [-0.2, -0.15) is 5.10 Å². The first-order valence-corrected chi connectivity index (χ1v) is 6.52. The number of hydrogen-bond donors (Lipinski definition) is 3. The molecule has 1 aromatic heterocycles. The van der Waals surface area contributed by atoms with Gasteiger partial charge in [0.15, 0.2) is 0 Å². The van der Waals surface area contributed by atoms with Gasteiger partial charge in [-0.25, -0.2) is 0 Å². The van der Waals surface area contributed by atoms with Crippen molar-refractivity contribution in [2.75, 3.05) is 0 Å². The Balaban J connectivity index is 2.25. The van der Waals surface area contributed by atoms with Gasteiger partial charge in [0, 0.05) is 29.8 Å². The molecule has 0 saturated carbocycles. The van der Waals surface area contributed by atoms with Crippen LogP contribution in [0.2, 0.25) is 0 Å².